The van der Waals surface area contributed by atoms with Crippen molar-refractivity contribution in [2.45, 2.75) is 6.54 Å². The number of rotatable bonds is 3. The van der Waals surface area contributed by atoms with Gasteiger partial charge < -0.3 is 4.90 Å². The van der Waals surface area contributed by atoms with Crippen molar-refractivity contribution in [3.8, 4) is 0 Å². The Bertz CT molecular complexity index is 628. The predicted molar refractivity (Wildman–Crippen MR) is 79.7 cm³/mol. The van der Waals surface area contributed by atoms with Crippen molar-refractivity contribution in [3.05, 3.63) is 48.6 Å². The predicted octanol–water partition coefficient (Wildman–Crippen LogP) is 4.36. The van der Waals surface area contributed by atoms with Gasteiger partial charge in [0.2, 0.25) is 0 Å². The van der Waals surface area contributed by atoms with Crippen molar-refractivity contribution in [1.82, 2.24) is 0 Å². The topological polar surface area (TPSA) is 20.3 Å². The largest absolute Gasteiger partial charge is 0.360 e. The Morgan fingerprint density at radius 2 is 2.17 bits per heavy atom. The normalized spacial score (nSPS) is 10.7. The highest BCUT2D eigenvalue weighted by molar-refractivity contribution is 9.10. The van der Waals surface area contributed by atoms with Gasteiger partial charge in [-0.05, 0) is 28.0 Å². The van der Waals surface area contributed by atoms with E-state index >= 15 is 0 Å². The Balaban J connectivity index is 2.24. The lowest BCUT2D eigenvalue weighted by Gasteiger charge is -2.18. The van der Waals surface area contributed by atoms with Crippen molar-refractivity contribution >= 4 is 53.2 Å². The van der Waals surface area contributed by atoms with Crippen LogP contribution in [0.2, 0.25) is 5.02 Å². The fourth-order valence-electron chi connectivity index (χ4n) is 1.45. The number of hydrogen-bond acceptors (Lipinski definition) is 4. The van der Waals surface area contributed by atoms with Gasteiger partial charge in [0, 0.05) is 18.1 Å². The Morgan fingerprint density at radius 3 is 2.72 bits per heavy atom. The molecule has 1 aromatic heterocycles. The van der Waals surface area contributed by atoms with Crippen LogP contribution in [0.5, 0.6) is 0 Å². The van der Waals surface area contributed by atoms with Gasteiger partial charge in [-0.15, -0.1) is 0 Å². The second-order valence-corrected chi connectivity index (χ2v) is 6.99. The van der Waals surface area contributed by atoms with Crippen LogP contribution in [-0.4, -0.2) is 7.05 Å². The molecule has 2 rings (SSSR count). The molecule has 1 heterocycles. The van der Waals surface area contributed by atoms with Gasteiger partial charge in [0.25, 0.3) is 4.74 Å². The summed E-state index contributed by atoms with van der Waals surface area (Å²) in [6.07, 6.45) is 0. The van der Waals surface area contributed by atoms with Gasteiger partial charge in [0.05, 0.1) is 0 Å². The zero-order chi connectivity index (χ0) is 13.3. The van der Waals surface area contributed by atoms with Gasteiger partial charge in [-0.3, -0.25) is 4.79 Å². The second-order valence-electron chi connectivity index (χ2n) is 3.67. The molecule has 18 heavy (non-hydrogen) atoms. The fourth-order valence-corrected chi connectivity index (χ4v) is 4.66. The molecule has 0 aliphatic carbocycles. The standard InChI is InChI=1S/C11H8BrClFNOS2/c1-15(10-9(13)11(16)18-17-10)5-6-2-3-7(14)4-8(6)12/h2-4H,5H2,1H3. The monoisotopic (exact) mass is 367 g/mol. The first kappa shape index (κ1) is 14.0. The molecule has 7 heteroatoms. The SMILES string of the molecule is CN(Cc1ccc(F)cc1Br)c1ssc(=O)c1Cl. The Kier molecular flexibility index (Phi) is 4.42. The minimum Gasteiger partial charge on any atom is -0.360 e. The van der Waals surface area contributed by atoms with Gasteiger partial charge in [-0.25, -0.2) is 4.39 Å². The molecule has 0 aliphatic heterocycles. The van der Waals surface area contributed by atoms with Crippen molar-refractivity contribution in [2.75, 3.05) is 11.9 Å². The lowest BCUT2D eigenvalue weighted by molar-refractivity contribution is 0.626. The van der Waals surface area contributed by atoms with Crippen LogP contribution in [-0.2, 0) is 6.54 Å². The molecule has 0 saturated carbocycles. The van der Waals surface area contributed by atoms with Crippen LogP contribution in [0.1, 0.15) is 5.56 Å². The molecule has 0 unspecified atom stereocenters. The molecule has 0 radical (unpaired) electrons. The first-order valence-electron chi connectivity index (χ1n) is 4.92. The summed E-state index contributed by atoms with van der Waals surface area (Å²) >= 11 is 9.25. The third kappa shape index (κ3) is 2.93. The first-order chi connectivity index (χ1) is 8.49. The van der Waals surface area contributed by atoms with Gasteiger partial charge in [0.15, 0.2) is 0 Å². The van der Waals surface area contributed by atoms with E-state index < -0.39 is 0 Å². The van der Waals surface area contributed by atoms with Gasteiger partial charge in [0.1, 0.15) is 15.8 Å². The second kappa shape index (κ2) is 5.69. The molecule has 96 valence electrons. The number of halogens is 3. The summed E-state index contributed by atoms with van der Waals surface area (Å²) in [4.78, 5) is 13.2. The molecule has 2 nitrogen and oxygen atoms in total. The van der Waals surface area contributed by atoms with Crippen molar-refractivity contribution in [2.24, 2.45) is 0 Å². The van der Waals surface area contributed by atoms with Crippen LogP contribution in [0, 0.1) is 5.82 Å². The van der Waals surface area contributed by atoms with Crippen LogP contribution in [0.15, 0.2) is 27.5 Å². The highest BCUT2D eigenvalue weighted by Crippen LogP contribution is 2.32. The summed E-state index contributed by atoms with van der Waals surface area (Å²) < 4.78 is 13.6. The Hall–Kier alpha value is -0.430. The van der Waals surface area contributed by atoms with E-state index in [1.54, 1.807) is 6.07 Å². The summed E-state index contributed by atoms with van der Waals surface area (Å²) in [6, 6.07) is 4.53. The Labute approximate surface area is 124 Å². The first-order valence-corrected chi connectivity index (χ1v) is 8.25. The maximum atomic E-state index is 13.0. The van der Waals surface area contributed by atoms with Crippen LogP contribution in [0.4, 0.5) is 9.39 Å². The molecular formula is C11H8BrClFNOS2. The number of anilines is 1. The average Bonchev–Trinajstić information content (AvgIpc) is 2.64. The molecule has 0 N–H and O–H groups in total. The average molecular weight is 369 g/mol. The quantitative estimate of drug-likeness (QED) is 0.750. The summed E-state index contributed by atoms with van der Waals surface area (Å²) in [7, 11) is 4.31. The zero-order valence-electron chi connectivity index (χ0n) is 9.25. The lowest BCUT2D eigenvalue weighted by atomic mass is 10.2. The summed E-state index contributed by atoms with van der Waals surface area (Å²) in [5.41, 5.74) is 0.931. The Morgan fingerprint density at radius 1 is 1.44 bits per heavy atom. The highest BCUT2D eigenvalue weighted by atomic mass is 79.9. The molecule has 2 aromatic rings. The van der Waals surface area contributed by atoms with E-state index in [1.165, 1.54) is 22.5 Å². The third-order valence-electron chi connectivity index (χ3n) is 2.33. The van der Waals surface area contributed by atoms with E-state index in [1.807, 2.05) is 11.9 Å². The van der Waals surface area contributed by atoms with Crippen LogP contribution < -0.4 is 9.64 Å². The van der Waals surface area contributed by atoms with Gasteiger partial charge in [-0.2, -0.15) is 0 Å². The van der Waals surface area contributed by atoms with E-state index in [0.29, 0.717) is 11.0 Å². The maximum Gasteiger partial charge on any atom is 0.263 e. The molecule has 0 atom stereocenters. The molecule has 0 aliphatic rings. The molecule has 0 spiro atoms. The van der Waals surface area contributed by atoms with Crippen molar-refractivity contribution < 1.29 is 4.39 Å². The van der Waals surface area contributed by atoms with E-state index in [-0.39, 0.29) is 15.6 Å². The lowest BCUT2D eigenvalue weighted by Crippen LogP contribution is -2.16. The molecule has 0 saturated heterocycles. The van der Waals surface area contributed by atoms with Crippen LogP contribution >= 0.6 is 48.2 Å². The molecule has 0 fully saturated rings. The summed E-state index contributed by atoms with van der Waals surface area (Å²) in [5.74, 6) is -0.286. The zero-order valence-corrected chi connectivity index (χ0v) is 13.2. The minimum absolute atomic E-state index is 0.123. The molecular weight excluding hydrogens is 361 g/mol. The summed E-state index contributed by atoms with van der Waals surface area (Å²) in [5, 5.41) is 0.994. The number of benzene rings is 1. The minimum atomic E-state index is -0.286. The van der Waals surface area contributed by atoms with Crippen LogP contribution in [0.3, 0.4) is 0 Å². The van der Waals surface area contributed by atoms with Crippen molar-refractivity contribution in [3.63, 3.8) is 0 Å². The maximum absolute atomic E-state index is 13.0. The van der Waals surface area contributed by atoms with Crippen LogP contribution in [0.25, 0.3) is 0 Å². The number of nitrogens with zero attached hydrogens (tertiary/aromatic N) is 1. The number of hydrogen-bond donors (Lipinski definition) is 0. The van der Waals surface area contributed by atoms with E-state index in [4.69, 9.17) is 11.6 Å². The van der Waals surface area contributed by atoms with E-state index in [2.05, 4.69) is 15.9 Å². The van der Waals surface area contributed by atoms with Crippen molar-refractivity contribution in [1.29, 1.82) is 0 Å². The molecule has 0 amide bonds. The third-order valence-corrected chi connectivity index (χ3v) is 5.94. The van der Waals surface area contributed by atoms with E-state index in [9.17, 15) is 9.18 Å². The highest BCUT2D eigenvalue weighted by Gasteiger charge is 2.14. The molecule has 0 bridgehead atoms. The summed E-state index contributed by atoms with van der Waals surface area (Å²) in [6.45, 7) is 0.549. The van der Waals surface area contributed by atoms with E-state index in [0.717, 1.165) is 20.9 Å². The van der Waals surface area contributed by atoms with Gasteiger partial charge in [-0.1, -0.05) is 43.9 Å². The van der Waals surface area contributed by atoms with Gasteiger partial charge >= 0.3 is 0 Å². The fraction of sp³-hybridized carbons (Fsp3) is 0.182. The molecule has 1 aromatic carbocycles. The smallest absolute Gasteiger partial charge is 0.263 e.